The SMILES string of the molecule is CCCCCC[Si](CC(C)C)(OCC)OCC. The van der Waals surface area contributed by atoms with Gasteiger partial charge in [-0.25, -0.2) is 0 Å². The van der Waals surface area contributed by atoms with Crippen LogP contribution < -0.4 is 0 Å². The van der Waals surface area contributed by atoms with Crippen LogP contribution in [-0.4, -0.2) is 21.8 Å². The number of unbranched alkanes of at least 4 members (excludes halogenated alkanes) is 3. The van der Waals surface area contributed by atoms with Crippen molar-refractivity contribution in [2.24, 2.45) is 5.92 Å². The van der Waals surface area contributed by atoms with E-state index in [9.17, 15) is 0 Å². The molecule has 0 aliphatic heterocycles. The lowest BCUT2D eigenvalue weighted by atomic mass is 10.2. The molecule has 0 unspecified atom stereocenters. The maximum atomic E-state index is 6.08. The van der Waals surface area contributed by atoms with Gasteiger partial charge in [0, 0.05) is 13.2 Å². The largest absolute Gasteiger partial charge is 0.394 e. The quantitative estimate of drug-likeness (QED) is 0.395. The maximum absolute atomic E-state index is 6.08. The lowest BCUT2D eigenvalue weighted by Gasteiger charge is -2.31. The Hall–Kier alpha value is 0.137. The van der Waals surface area contributed by atoms with E-state index < -0.39 is 8.56 Å². The topological polar surface area (TPSA) is 18.5 Å². The van der Waals surface area contributed by atoms with Gasteiger partial charge in [0.05, 0.1) is 0 Å². The van der Waals surface area contributed by atoms with Gasteiger partial charge in [-0.3, -0.25) is 0 Å². The highest BCUT2D eigenvalue weighted by atomic mass is 28.4. The second kappa shape index (κ2) is 10.1. The monoisotopic (exact) mass is 260 g/mol. The molecule has 104 valence electrons. The minimum atomic E-state index is -1.91. The van der Waals surface area contributed by atoms with Gasteiger partial charge in [0.1, 0.15) is 0 Å². The van der Waals surface area contributed by atoms with Crippen molar-refractivity contribution in [1.82, 2.24) is 0 Å². The number of rotatable bonds is 11. The summed E-state index contributed by atoms with van der Waals surface area (Å²) in [6.07, 6.45) is 5.22. The van der Waals surface area contributed by atoms with E-state index in [1.54, 1.807) is 0 Å². The Morgan fingerprint density at radius 2 is 1.47 bits per heavy atom. The molecule has 0 atom stereocenters. The van der Waals surface area contributed by atoms with Crippen molar-refractivity contribution < 1.29 is 8.85 Å². The van der Waals surface area contributed by atoms with Gasteiger partial charge in [0.15, 0.2) is 0 Å². The summed E-state index contributed by atoms with van der Waals surface area (Å²) in [5.41, 5.74) is 0. The van der Waals surface area contributed by atoms with Crippen LogP contribution in [-0.2, 0) is 8.85 Å². The summed E-state index contributed by atoms with van der Waals surface area (Å²) in [6.45, 7) is 12.6. The Balaban J connectivity index is 4.31. The summed E-state index contributed by atoms with van der Waals surface area (Å²) in [7, 11) is -1.91. The van der Waals surface area contributed by atoms with Crippen LogP contribution in [0.5, 0.6) is 0 Å². The normalized spacial score (nSPS) is 12.4. The van der Waals surface area contributed by atoms with Gasteiger partial charge in [-0.05, 0) is 31.9 Å². The Bertz CT molecular complexity index is 166. The minimum absolute atomic E-state index is 0.672. The Labute approximate surface area is 109 Å². The molecular weight excluding hydrogens is 228 g/mol. The summed E-state index contributed by atoms with van der Waals surface area (Å²) < 4.78 is 12.2. The van der Waals surface area contributed by atoms with Crippen molar-refractivity contribution >= 4 is 8.56 Å². The first kappa shape index (κ1) is 17.1. The van der Waals surface area contributed by atoms with Crippen molar-refractivity contribution in [3.05, 3.63) is 0 Å². The molecule has 0 rings (SSSR count). The molecule has 0 aromatic rings. The lowest BCUT2D eigenvalue weighted by molar-refractivity contribution is 0.177. The Morgan fingerprint density at radius 1 is 0.882 bits per heavy atom. The second-order valence-electron chi connectivity index (χ2n) is 5.19. The van der Waals surface area contributed by atoms with E-state index in [-0.39, 0.29) is 0 Å². The van der Waals surface area contributed by atoms with E-state index in [4.69, 9.17) is 8.85 Å². The number of hydrogen-bond donors (Lipinski definition) is 0. The minimum Gasteiger partial charge on any atom is -0.394 e. The molecule has 0 aromatic carbocycles. The van der Waals surface area contributed by atoms with Crippen LogP contribution in [0.1, 0.15) is 60.3 Å². The highest BCUT2D eigenvalue weighted by molar-refractivity contribution is 6.67. The van der Waals surface area contributed by atoms with Gasteiger partial charge >= 0.3 is 8.56 Å². The van der Waals surface area contributed by atoms with Crippen LogP contribution in [0.2, 0.25) is 12.1 Å². The van der Waals surface area contributed by atoms with Crippen molar-refractivity contribution in [3.63, 3.8) is 0 Å². The van der Waals surface area contributed by atoms with Crippen LogP contribution in [0.4, 0.5) is 0 Å². The molecule has 0 saturated carbocycles. The average molecular weight is 260 g/mol. The third-order valence-electron chi connectivity index (χ3n) is 2.95. The fraction of sp³-hybridized carbons (Fsp3) is 1.00. The molecule has 17 heavy (non-hydrogen) atoms. The molecule has 0 bridgehead atoms. The van der Waals surface area contributed by atoms with Gasteiger partial charge in [0.25, 0.3) is 0 Å². The number of hydrogen-bond acceptors (Lipinski definition) is 2. The summed E-state index contributed by atoms with van der Waals surface area (Å²) in [5.74, 6) is 0.672. The maximum Gasteiger partial charge on any atom is 0.338 e. The summed E-state index contributed by atoms with van der Waals surface area (Å²) in [6, 6.07) is 2.31. The van der Waals surface area contributed by atoms with Crippen molar-refractivity contribution in [2.45, 2.75) is 72.4 Å². The van der Waals surface area contributed by atoms with Crippen molar-refractivity contribution in [2.75, 3.05) is 13.2 Å². The molecule has 0 aliphatic rings. The molecule has 0 N–H and O–H groups in total. The molecule has 0 aromatic heterocycles. The Kier molecular flexibility index (Phi) is 10.2. The third-order valence-corrected chi connectivity index (χ3v) is 7.13. The molecule has 2 nitrogen and oxygen atoms in total. The zero-order valence-electron chi connectivity index (χ0n) is 12.6. The van der Waals surface area contributed by atoms with Gasteiger partial charge < -0.3 is 8.85 Å². The molecule has 0 aliphatic carbocycles. The molecule has 0 radical (unpaired) electrons. The molecular formula is C14H32O2Si. The summed E-state index contributed by atoms with van der Waals surface area (Å²) in [4.78, 5) is 0. The molecule has 3 heteroatoms. The average Bonchev–Trinajstić information content (AvgIpc) is 2.24. The first-order valence-electron chi connectivity index (χ1n) is 7.38. The van der Waals surface area contributed by atoms with E-state index in [0.717, 1.165) is 19.3 Å². The van der Waals surface area contributed by atoms with E-state index in [2.05, 4.69) is 34.6 Å². The fourth-order valence-corrected chi connectivity index (χ4v) is 6.27. The van der Waals surface area contributed by atoms with Crippen molar-refractivity contribution in [3.8, 4) is 0 Å². The molecule has 0 saturated heterocycles. The smallest absolute Gasteiger partial charge is 0.338 e. The van der Waals surface area contributed by atoms with Gasteiger partial charge in [-0.2, -0.15) is 0 Å². The molecule has 0 fully saturated rings. The van der Waals surface area contributed by atoms with Crippen LogP contribution in [0.15, 0.2) is 0 Å². The zero-order chi connectivity index (χ0) is 13.1. The summed E-state index contributed by atoms with van der Waals surface area (Å²) >= 11 is 0. The third kappa shape index (κ3) is 7.95. The van der Waals surface area contributed by atoms with E-state index in [0.29, 0.717) is 5.92 Å². The summed E-state index contributed by atoms with van der Waals surface area (Å²) in [5, 5.41) is 0. The highest BCUT2D eigenvalue weighted by Crippen LogP contribution is 2.26. The van der Waals surface area contributed by atoms with Crippen LogP contribution in [0.3, 0.4) is 0 Å². The molecule has 0 amide bonds. The molecule has 0 spiro atoms. The predicted octanol–water partition coefficient (Wildman–Crippen LogP) is 4.74. The Morgan fingerprint density at radius 3 is 1.88 bits per heavy atom. The highest BCUT2D eigenvalue weighted by Gasteiger charge is 2.36. The fourth-order valence-electron chi connectivity index (χ4n) is 2.38. The molecule has 0 heterocycles. The first-order valence-corrected chi connectivity index (χ1v) is 9.61. The van der Waals surface area contributed by atoms with Crippen LogP contribution in [0, 0.1) is 5.92 Å². The lowest BCUT2D eigenvalue weighted by Crippen LogP contribution is -2.43. The second-order valence-corrected chi connectivity index (χ2v) is 8.49. The van der Waals surface area contributed by atoms with Gasteiger partial charge in [-0.15, -0.1) is 0 Å². The van der Waals surface area contributed by atoms with Gasteiger partial charge in [-0.1, -0.05) is 46.5 Å². The zero-order valence-corrected chi connectivity index (χ0v) is 13.6. The van der Waals surface area contributed by atoms with Crippen LogP contribution in [0.25, 0.3) is 0 Å². The predicted molar refractivity (Wildman–Crippen MR) is 77.6 cm³/mol. The van der Waals surface area contributed by atoms with Crippen LogP contribution >= 0.6 is 0 Å². The van der Waals surface area contributed by atoms with E-state index in [1.807, 2.05) is 0 Å². The van der Waals surface area contributed by atoms with E-state index >= 15 is 0 Å². The standard InChI is InChI=1S/C14H32O2Si/c1-6-9-10-11-12-17(15-7-2,16-8-3)13-14(4)5/h14H,6-13H2,1-5H3. The van der Waals surface area contributed by atoms with Crippen molar-refractivity contribution in [1.29, 1.82) is 0 Å². The van der Waals surface area contributed by atoms with Gasteiger partial charge in [0.2, 0.25) is 0 Å². The first-order chi connectivity index (χ1) is 8.10. The van der Waals surface area contributed by atoms with E-state index in [1.165, 1.54) is 31.7 Å².